The monoisotopic (exact) mass is 284 g/mol. The fourth-order valence-electron chi connectivity index (χ4n) is 2.97. The molecule has 1 saturated carbocycles. The topological polar surface area (TPSA) is 92.4 Å². The normalized spacial score (nSPS) is 18.7. The van der Waals surface area contributed by atoms with Crippen LogP contribution in [0.3, 0.4) is 0 Å². The summed E-state index contributed by atoms with van der Waals surface area (Å²) in [5, 5.41) is 11.7. The fraction of sp³-hybridized carbons (Fsp3) is 0.867. The van der Waals surface area contributed by atoms with Crippen LogP contribution in [0.15, 0.2) is 0 Å². The minimum absolute atomic E-state index is 0.0384. The minimum atomic E-state index is -0.748. The van der Waals surface area contributed by atoms with Gasteiger partial charge in [0.25, 0.3) is 0 Å². The number of aliphatic carboxylic acids is 1. The molecule has 4 N–H and O–H groups in total. The Labute approximate surface area is 121 Å². The van der Waals surface area contributed by atoms with Crippen LogP contribution in [0.2, 0.25) is 0 Å². The minimum Gasteiger partial charge on any atom is -0.481 e. The van der Waals surface area contributed by atoms with Crippen LogP contribution >= 0.6 is 0 Å². The molecule has 0 aromatic heterocycles. The third-order valence-corrected chi connectivity index (χ3v) is 4.25. The van der Waals surface area contributed by atoms with Gasteiger partial charge in [-0.05, 0) is 31.6 Å². The van der Waals surface area contributed by atoms with Crippen molar-refractivity contribution in [2.24, 2.45) is 11.7 Å². The summed E-state index contributed by atoms with van der Waals surface area (Å²) in [5.74, 6) is -0.417. The van der Waals surface area contributed by atoms with Crippen LogP contribution < -0.4 is 11.1 Å². The zero-order valence-electron chi connectivity index (χ0n) is 12.5. The van der Waals surface area contributed by atoms with E-state index < -0.39 is 11.5 Å². The number of nitrogens with one attached hydrogen (secondary N) is 1. The van der Waals surface area contributed by atoms with E-state index in [1.54, 1.807) is 0 Å². The zero-order valence-corrected chi connectivity index (χ0v) is 12.5. The maximum Gasteiger partial charge on any atom is 0.303 e. The van der Waals surface area contributed by atoms with E-state index in [1.807, 2.05) is 0 Å². The summed E-state index contributed by atoms with van der Waals surface area (Å²) in [7, 11) is 0. The Balaban J connectivity index is 2.28. The highest BCUT2D eigenvalue weighted by atomic mass is 16.4. The van der Waals surface area contributed by atoms with Gasteiger partial charge < -0.3 is 16.2 Å². The van der Waals surface area contributed by atoms with Crippen LogP contribution in [-0.4, -0.2) is 29.1 Å². The molecular weight excluding hydrogens is 256 g/mol. The number of carboxylic acids is 1. The number of carbonyl (C=O) groups excluding carboxylic acids is 1. The van der Waals surface area contributed by atoms with Gasteiger partial charge in [0.1, 0.15) is 0 Å². The summed E-state index contributed by atoms with van der Waals surface area (Å²) in [5.41, 5.74) is 5.42. The molecule has 5 nitrogen and oxygen atoms in total. The number of carbonyl (C=O) groups is 2. The number of hydrogen-bond donors (Lipinski definition) is 3. The van der Waals surface area contributed by atoms with Crippen molar-refractivity contribution in [2.45, 2.75) is 70.3 Å². The van der Waals surface area contributed by atoms with E-state index in [0.717, 1.165) is 44.9 Å². The zero-order chi connectivity index (χ0) is 15.0. The third-order valence-electron chi connectivity index (χ3n) is 4.25. The average Bonchev–Trinajstić information content (AvgIpc) is 2.84. The lowest BCUT2D eigenvalue weighted by molar-refractivity contribution is -0.137. The van der Waals surface area contributed by atoms with E-state index >= 15 is 0 Å². The molecule has 0 bridgehead atoms. The number of amides is 1. The Bertz CT molecular complexity index is 325. The van der Waals surface area contributed by atoms with Crippen molar-refractivity contribution in [3.8, 4) is 0 Å². The lowest BCUT2D eigenvalue weighted by Crippen LogP contribution is -2.52. The molecule has 1 rings (SSSR count). The van der Waals surface area contributed by atoms with E-state index in [4.69, 9.17) is 10.8 Å². The summed E-state index contributed by atoms with van der Waals surface area (Å²) in [6.07, 6.45) is 7.39. The molecule has 0 radical (unpaired) electrons. The number of hydrogen-bond acceptors (Lipinski definition) is 3. The second-order valence-corrected chi connectivity index (χ2v) is 5.99. The molecule has 0 aromatic rings. The van der Waals surface area contributed by atoms with Gasteiger partial charge in [0.15, 0.2) is 0 Å². The van der Waals surface area contributed by atoms with Gasteiger partial charge in [-0.2, -0.15) is 0 Å². The van der Waals surface area contributed by atoms with Crippen LogP contribution in [0.4, 0.5) is 0 Å². The predicted octanol–water partition coefficient (Wildman–Crippen LogP) is 2.05. The summed E-state index contributed by atoms with van der Waals surface area (Å²) in [4.78, 5) is 22.7. The van der Waals surface area contributed by atoms with Gasteiger partial charge in [0.05, 0.1) is 5.54 Å². The first-order valence-electron chi connectivity index (χ1n) is 7.77. The summed E-state index contributed by atoms with van der Waals surface area (Å²) in [6.45, 7) is 2.70. The molecule has 1 atom stereocenters. The van der Waals surface area contributed by atoms with Gasteiger partial charge in [-0.15, -0.1) is 0 Å². The second kappa shape index (κ2) is 8.25. The van der Waals surface area contributed by atoms with E-state index in [0.29, 0.717) is 18.9 Å². The molecule has 0 heterocycles. The number of carboxylic acid groups (broad SMARTS) is 1. The van der Waals surface area contributed by atoms with Crippen molar-refractivity contribution in [3.63, 3.8) is 0 Å². The van der Waals surface area contributed by atoms with Crippen molar-refractivity contribution in [1.82, 2.24) is 5.32 Å². The highest BCUT2D eigenvalue weighted by Gasteiger charge is 2.36. The second-order valence-electron chi connectivity index (χ2n) is 5.99. The Morgan fingerprint density at radius 2 is 1.90 bits per heavy atom. The average molecular weight is 284 g/mol. The first-order valence-corrected chi connectivity index (χ1v) is 7.77. The summed E-state index contributed by atoms with van der Waals surface area (Å²) >= 11 is 0. The molecule has 1 fully saturated rings. The van der Waals surface area contributed by atoms with Crippen molar-refractivity contribution in [3.05, 3.63) is 0 Å². The molecular formula is C15H28N2O3. The molecule has 20 heavy (non-hydrogen) atoms. The molecule has 1 aliphatic carbocycles. The Kier molecular flexibility index (Phi) is 6.99. The van der Waals surface area contributed by atoms with Crippen LogP contribution in [0, 0.1) is 5.92 Å². The van der Waals surface area contributed by atoms with E-state index in [-0.39, 0.29) is 12.3 Å². The van der Waals surface area contributed by atoms with Gasteiger partial charge in [-0.3, -0.25) is 9.59 Å². The van der Waals surface area contributed by atoms with Crippen molar-refractivity contribution in [1.29, 1.82) is 0 Å². The molecule has 0 aromatic carbocycles. The fourth-order valence-corrected chi connectivity index (χ4v) is 2.97. The molecule has 1 aliphatic rings. The smallest absolute Gasteiger partial charge is 0.303 e. The molecule has 1 amide bonds. The largest absolute Gasteiger partial charge is 0.481 e. The molecule has 116 valence electrons. The van der Waals surface area contributed by atoms with Crippen LogP contribution in [-0.2, 0) is 9.59 Å². The Hall–Kier alpha value is -1.10. The van der Waals surface area contributed by atoms with Crippen molar-refractivity contribution < 1.29 is 14.7 Å². The van der Waals surface area contributed by atoms with Crippen molar-refractivity contribution in [2.75, 3.05) is 6.54 Å². The summed E-state index contributed by atoms with van der Waals surface area (Å²) in [6, 6.07) is 0. The number of rotatable bonds is 9. The predicted molar refractivity (Wildman–Crippen MR) is 78.3 cm³/mol. The molecule has 0 spiro atoms. The summed E-state index contributed by atoms with van der Waals surface area (Å²) < 4.78 is 0. The highest BCUT2D eigenvalue weighted by Crippen LogP contribution is 2.27. The van der Waals surface area contributed by atoms with Crippen LogP contribution in [0.5, 0.6) is 0 Å². The van der Waals surface area contributed by atoms with E-state index in [9.17, 15) is 9.59 Å². The van der Waals surface area contributed by atoms with Gasteiger partial charge >= 0.3 is 5.97 Å². The van der Waals surface area contributed by atoms with Crippen LogP contribution in [0.25, 0.3) is 0 Å². The SMILES string of the molecule is CCCC(CCNC(=O)C1(N)CCCC1)CCC(=O)O. The molecule has 5 heteroatoms. The first-order chi connectivity index (χ1) is 9.48. The van der Waals surface area contributed by atoms with Gasteiger partial charge in [0, 0.05) is 13.0 Å². The molecule has 0 aliphatic heterocycles. The first kappa shape index (κ1) is 17.0. The standard InChI is InChI=1S/C15H28N2O3/c1-2-5-12(6-7-13(18)19)8-11-17-14(20)15(16)9-3-4-10-15/h12H,2-11,16H2,1H3,(H,17,20)(H,18,19). The van der Waals surface area contributed by atoms with Gasteiger partial charge in [-0.1, -0.05) is 32.6 Å². The highest BCUT2D eigenvalue weighted by molar-refractivity contribution is 5.86. The molecule has 1 unspecified atom stereocenters. The Morgan fingerprint density at radius 1 is 1.25 bits per heavy atom. The van der Waals surface area contributed by atoms with E-state index in [1.165, 1.54) is 0 Å². The number of nitrogens with two attached hydrogens (primary N) is 1. The Morgan fingerprint density at radius 3 is 2.45 bits per heavy atom. The maximum atomic E-state index is 12.0. The van der Waals surface area contributed by atoms with Gasteiger partial charge in [-0.25, -0.2) is 0 Å². The third kappa shape index (κ3) is 5.49. The maximum absolute atomic E-state index is 12.0. The molecule has 0 saturated heterocycles. The van der Waals surface area contributed by atoms with Crippen molar-refractivity contribution >= 4 is 11.9 Å². The van der Waals surface area contributed by atoms with Crippen LogP contribution in [0.1, 0.15) is 64.7 Å². The quantitative estimate of drug-likeness (QED) is 0.604. The van der Waals surface area contributed by atoms with Gasteiger partial charge in [0.2, 0.25) is 5.91 Å². The lowest BCUT2D eigenvalue weighted by Gasteiger charge is -2.23. The lowest BCUT2D eigenvalue weighted by atomic mass is 9.94. The van der Waals surface area contributed by atoms with E-state index in [2.05, 4.69) is 12.2 Å².